The van der Waals surface area contributed by atoms with Crippen LogP contribution >= 0.6 is 0 Å². The van der Waals surface area contributed by atoms with Crippen LogP contribution in [0.4, 0.5) is 10.1 Å². The summed E-state index contributed by atoms with van der Waals surface area (Å²) in [6.07, 6.45) is 2.32. The van der Waals surface area contributed by atoms with Gasteiger partial charge in [-0.25, -0.2) is 4.39 Å². The number of carbonyl (C=O) groups excluding carboxylic acids is 1. The van der Waals surface area contributed by atoms with Gasteiger partial charge < -0.3 is 9.80 Å². The van der Waals surface area contributed by atoms with E-state index in [0.29, 0.717) is 19.0 Å². The monoisotopic (exact) mass is 375 g/mol. The number of rotatable bonds is 3. The molecule has 4 nitrogen and oxygen atoms in total. The Morgan fingerprint density at radius 3 is 2.39 bits per heavy atom. The molecule has 0 radical (unpaired) electrons. The molecule has 0 unspecified atom stereocenters. The Hall–Kier alpha value is -2.95. The second-order valence-electron chi connectivity index (χ2n) is 7.64. The summed E-state index contributed by atoms with van der Waals surface area (Å²) >= 11 is 0. The average Bonchev–Trinajstić information content (AvgIpc) is 3.59. The standard InChI is InChI=1S/C23H22FN3O/c24-17-7-9-18(10-8-17)26-11-13-27(14-12-26)23(28)20-15-22(16-5-6-16)25-21-4-2-1-3-19(20)21/h1-4,7-10,15-16H,5-6,11-14H2. The molecule has 1 aromatic heterocycles. The Morgan fingerprint density at radius 1 is 0.964 bits per heavy atom. The predicted molar refractivity (Wildman–Crippen MR) is 108 cm³/mol. The van der Waals surface area contributed by atoms with E-state index in [1.54, 1.807) is 12.1 Å². The van der Waals surface area contributed by atoms with E-state index in [1.165, 1.54) is 12.1 Å². The summed E-state index contributed by atoms with van der Waals surface area (Å²) in [4.78, 5) is 22.2. The van der Waals surface area contributed by atoms with Gasteiger partial charge in [-0.05, 0) is 49.2 Å². The van der Waals surface area contributed by atoms with Gasteiger partial charge in [-0.1, -0.05) is 18.2 Å². The summed E-state index contributed by atoms with van der Waals surface area (Å²) in [5, 5.41) is 0.929. The summed E-state index contributed by atoms with van der Waals surface area (Å²) in [5.41, 5.74) is 3.72. The first kappa shape index (κ1) is 17.2. The molecule has 5 heteroatoms. The zero-order chi connectivity index (χ0) is 19.1. The van der Waals surface area contributed by atoms with Crippen LogP contribution in [-0.4, -0.2) is 42.0 Å². The number of para-hydroxylation sites is 1. The highest BCUT2D eigenvalue weighted by Crippen LogP contribution is 2.40. The summed E-state index contributed by atoms with van der Waals surface area (Å²) in [6, 6.07) is 16.5. The van der Waals surface area contributed by atoms with Gasteiger partial charge >= 0.3 is 0 Å². The van der Waals surface area contributed by atoms with Crippen molar-refractivity contribution in [3.05, 3.63) is 71.7 Å². The first-order valence-corrected chi connectivity index (χ1v) is 9.88. The minimum Gasteiger partial charge on any atom is -0.368 e. The smallest absolute Gasteiger partial charge is 0.254 e. The number of anilines is 1. The van der Waals surface area contributed by atoms with Crippen molar-refractivity contribution in [3.8, 4) is 0 Å². The number of carbonyl (C=O) groups is 1. The van der Waals surface area contributed by atoms with Crippen molar-refractivity contribution >= 4 is 22.5 Å². The summed E-state index contributed by atoms with van der Waals surface area (Å²) in [5.74, 6) is 0.360. The van der Waals surface area contributed by atoms with Crippen LogP contribution < -0.4 is 4.90 Å². The molecule has 1 amide bonds. The highest BCUT2D eigenvalue weighted by atomic mass is 19.1. The van der Waals surface area contributed by atoms with E-state index in [9.17, 15) is 9.18 Å². The van der Waals surface area contributed by atoms with E-state index in [0.717, 1.165) is 53.8 Å². The lowest BCUT2D eigenvalue weighted by atomic mass is 10.0. The van der Waals surface area contributed by atoms with Gasteiger partial charge in [0, 0.05) is 48.9 Å². The van der Waals surface area contributed by atoms with Crippen LogP contribution in [0, 0.1) is 5.82 Å². The number of halogens is 1. The fraction of sp³-hybridized carbons (Fsp3) is 0.304. The maximum absolute atomic E-state index is 13.3. The zero-order valence-electron chi connectivity index (χ0n) is 15.6. The molecule has 1 aliphatic heterocycles. The van der Waals surface area contributed by atoms with Crippen LogP contribution in [0.15, 0.2) is 54.6 Å². The first-order chi connectivity index (χ1) is 13.7. The highest BCUT2D eigenvalue weighted by Gasteiger charge is 2.29. The minimum atomic E-state index is -0.228. The third-order valence-electron chi connectivity index (χ3n) is 5.72. The van der Waals surface area contributed by atoms with Crippen molar-refractivity contribution in [1.82, 2.24) is 9.88 Å². The molecule has 2 fully saturated rings. The van der Waals surface area contributed by atoms with Crippen molar-refractivity contribution in [2.24, 2.45) is 0 Å². The number of pyridine rings is 1. The Balaban J connectivity index is 1.38. The highest BCUT2D eigenvalue weighted by molar-refractivity contribution is 6.06. The van der Waals surface area contributed by atoms with Gasteiger partial charge in [-0.3, -0.25) is 9.78 Å². The van der Waals surface area contributed by atoms with E-state index in [-0.39, 0.29) is 11.7 Å². The molecule has 1 saturated heterocycles. The predicted octanol–water partition coefficient (Wildman–Crippen LogP) is 4.21. The Bertz CT molecular complexity index is 1020. The second-order valence-corrected chi connectivity index (χ2v) is 7.64. The van der Waals surface area contributed by atoms with Crippen LogP contribution in [0.1, 0.15) is 34.8 Å². The summed E-state index contributed by atoms with van der Waals surface area (Å²) < 4.78 is 13.2. The lowest BCUT2D eigenvalue weighted by Gasteiger charge is -2.36. The van der Waals surface area contributed by atoms with Gasteiger partial charge in [-0.15, -0.1) is 0 Å². The number of nitrogens with zero attached hydrogens (tertiary/aromatic N) is 3. The summed E-state index contributed by atoms with van der Waals surface area (Å²) in [7, 11) is 0. The number of hydrogen-bond acceptors (Lipinski definition) is 3. The third kappa shape index (κ3) is 3.21. The number of fused-ring (bicyclic) bond motifs is 1. The van der Waals surface area contributed by atoms with Crippen molar-refractivity contribution < 1.29 is 9.18 Å². The van der Waals surface area contributed by atoms with Crippen LogP contribution in [-0.2, 0) is 0 Å². The largest absolute Gasteiger partial charge is 0.368 e. The number of amides is 1. The number of aromatic nitrogens is 1. The molecule has 2 heterocycles. The van der Waals surface area contributed by atoms with Gasteiger partial charge in [0.05, 0.1) is 11.1 Å². The van der Waals surface area contributed by atoms with Crippen molar-refractivity contribution in [1.29, 1.82) is 0 Å². The molecule has 0 spiro atoms. The number of hydrogen-bond donors (Lipinski definition) is 0. The Labute approximate surface area is 163 Å². The average molecular weight is 375 g/mol. The van der Waals surface area contributed by atoms with Crippen molar-refractivity contribution in [2.75, 3.05) is 31.1 Å². The molecule has 142 valence electrons. The van der Waals surface area contributed by atoms with Crippen molar-refractivity contribution in [2.45, 2.75) is 18.8 Å². The maximum Gasteiger partial charge on any atom is 0.254 e. The van der Waals surface area contributed by atoms with Gasteiger partial charge in [0.15, 0.2) is 0 Å². The number of piperazine rings is 1. The molecule has 1 aliphatic carbocycles. The lowest BCUT2D eigenvalue weighted by Crippen LogP contribution is -2.48. The topological polar surface area (TPSA) is 36.4 Å². The molecule has 0 atom stereocenters. The second kappa shape index (κ2) is 6.89. The first-order valence-electron chi connectivity index (χ1n) is 9.88. The van der Waals surface area contributed by atoms with E-state index < -0.39 is 0 Å². The van der Waals surface area contributed by atoms with Crippen LogP contribution in [0.3, 0.4) is 0 Å². The molecular weight excluding hydrogens is 353 g/mol. The van der Waals surface area contributed by atoms with Crippen molar-refractivity contribution in [3.63, 3.8) is 0 Å². The van der Waals surface area contributed by atoms with E-state index >= 15 is 0 Å². The lowest BCUT2D eigenvalue weighted by molar-refractivity contribution is 0.0748. The van der Waals surface area contributed by atoms with Gasteiger partial charge in [0.1, 0.15) is 5.82 Å². The minimum absolute atomic E-state index is 0.0826. The molecular formula is C23H22FN3O. The van der Waals surface area contributed by atoms with Crippen LogP contribution in [0.25, 0.3) is 10.9 Å². The van der Waals surface area contributed by atoms with E-state index in [4.69, 9.17) is 4.98 Å². The fourth-order valence-corrected chi connectivity index (χ4v) is 3.95. The maximum atomic E-state index is 13.3. The Kier molecular flexibility index (Phi) is 4.23. The molecule has 0 bridgehead atoms. The molecule has 28 heavy (non-hydrogen) atoms. The van der Waals surface area contributed by atoms with E-state index in [2.05, 4.69) is 4.90 Å². The molecule has 2 aromatic carbocycles. The molecule has 5 rings (SSSR count). The Morgan fingerprint density at radius 2 is 1.68 bits per heavy atom. The normalized spacial score (nSPS) is 17.2. The van der Waals surface area contributed by atoms with Gasteiger partial charge in [0.2, 0.25) is 0 Å². The van der Waals surface area contributed by atoms with Crippen LogP contribution in [0.5, 0.6) is 0 Å². The van der Waals surface area contributed by atoms with E-state index in [1.807, 2.05) is 35.2 Å². The van der Waals surface area contributed by atoms with Crippen LogP contribution in [0.2, 0.25) is 0 Å². The quantitative estimate of drug-likeness (QED) is 0.688. The molecule has 1 saturated carbocycles. The number of benzene rings is 2. The molecule has 3 aromatic rings. The molecule has 2 aliphatic rings. The zero-order valence-corrected chi connectivity index (χ0v) is 15.6. The fourth-order valence-electron chi connectivity index (χ4n) is 3.95. The van der Waals surface area contributed by atoms with Gasteiger partial charge in [0.25, 0.3) is 5.91 Å². The SMILES string of the molecule is O=C(c1cc(C2CC2)nc2ccccc12)N1CCN(c2ccc(F)cc2)CC1. The molecule has 0 N–H and O–H groups in total. The van der Waals surface area contributed by atoms with Gasteiger partial charge in [-0.2, -0.15) is 0 Å². The third-order valence-corrected chi connectivity index (χ3v) is 5.72. The summed E-state index contributed by atoms with van der Waals surface area (Å²) in [6.45, 7) is 2.81.